The Bertz CT molecular complexity index is 849. The molecule has 23 heavy (non-hydrogen) atoms. The maximum atomic E-state index is 12.0. The maximum Gasteiger partial charge on any atom is 0.258 e. The van der Waals surface area contributed by atoms with Crippen LogP contribution in [-0.2, 0) is 9.47 Å². The smallest absolute Gasteiger partial charge is 0.258 e. The lowest BCUT2D eigenvalue weighted by Gasteiger charge is -2.33. The normalized spacial score (nSPS) is 34.3. The first-order valence-electron chi connectivity index (χ1n) is 7.97. The third-order valence-corrected chi connectivity index (χ3v) is 5.19. The topological polar surface area (TPSA) is 80.3 Å². The molecule has 0 amide bonds. The van der Waals surface area contributed by atoms with Gasteiger partial charge in [-0.15, -0.1) is 0 Å². The van der Waals surface area contributed by atoms with Gasteiger partial charge in [0, 0.05) is 12.5 Å². The third-order valence-electron chi connectivity index (χ3n) is 5.19. The van der Waals surface area contributed by atoms with Crippen LogP contribution in [0.2, 0.25) is 0 Å². The molecule has 2 aromatic rings. The van der Waals surface area contributed by atoms with Gasteiger partial charge in [-0.2, -0.15) is 0 Å². The Kier molecular flexibility index (Phi) is 2.51. The predicted octanol–water partition coefficient (Wildman–Crippen LogP) is 1.05. The number of aromatic amines is 1. The Morgan fingerprint density at radius 2 is 2.13 bits per heavy atom. The minimum atomic E-state index is -0.514. The molecular weight excluding hydrogens is 296 g/mol. The molecule has 1 saturated carbocycles. The van der Waals surface area contributed by atoms with E-state index in [0.29, 0.717) is 16.8 Å². The van der Waals surface area contributed by atoms with E-state index in [9.17, 15) is 4.79 Å². The van der Waals surface area contributed by atoms with Crippen LogP contribution in [0.1, 0.15) is 20.3 Å². The van der Waals surface area contributed by atoms with Crippen molar-refractivity contribution in [2.45, 2.75) is 44.3 Å². The molecule has 1 N–H and O–H groups in total. The average molecular weight is 314 g/mol. The summed E-state index contributed by atoms with van der Waals surface area (Å²) < 4.78 is 12.1. The van der Waals surface area contributed by atoms with Crippen LogP contribution in [0.3, 0.4) is 0 Å². The van der Waals surface area contributed by atoms with E-state index < -0.39 is 5.79 Å². The number of ether oxygens (including phenoxy) is 2. The highest BCUT2D eigenvalue weighted by atomic mass is 16.8. The monoisotopic (exact) mass is 314 g/mol. The van der Waals surface area contributed by atoms with Crippen molar-refractivity contribution in [2.75, 3.05) is 11.4 Å². The molecule has 2 aliphatic heterocycles. The molecule has 3 fully saturated rings. The zero-order valence-electron chi connectivity index (χ0n) is 13.0. The number of rotatable bonds is 1. The highest BCUT2D eigenvalue weighted by Crippen LogP contribution is 2.49. The van der Waals surface area contributed by atoms with Crippen LogP contribution < -0.4 is 10.5 Å². The first kappa shape index (κ1) is 13.4. The molecule has 2 saturated heterocycles. The van der Waals surface area contributed by atoms with Crippen LogP contribution in [0.25, 0.3) is 10.9 Å². The van der Waals surface area contributed by atoms with Crippen LogP contribution in [0.4, 0.5) is 5.82 Å². The van der Waals surface area contributed by atoms with Gasteiger partial charge in [0.1, 0.15) is 11.9 Å². The molecule has 0 aromatic carbocycles. The van der Waals surface area contributed by atoms with Crippen molar-refractivity contribution in [2.24, 2.45) is 5.92 Å². The molecule has 5 rings (SSSR count). The fraction of sp³-hybridized carbons (Fsp3) is 0.562. The van der Waals surface area contributed by atoms with Crippen LogP contribution in [0.5, 0.6) is 0 Å². The summed E-state index contributed by atoms with van der Waals surface area (Å²) in [6.07, 6.45) is 4.37. The quantitative estimate of drug-likeness (QED) is 0.847. The summed E-state index contributed by atoms with van der Waals surface area (Å²) in [5.74, 6) is 0.756. The molecule has 0 radical (unpaired) electrons. The molecule has 2 aromatic heterocycles. The van der Waals surface area contributed by atoms with Gasteiger partial charge >= 0.3 is 0 Å². The lowest BCUT2D eigenvalue weighted by atomic mass is 10.0. The summed E-state index contributed by atoms with van der Waals surface area (Å²) in [6, 6.07) is 2.09. The Morgan fingerprint density at radius 3 is 3.00 bits per heavy atom. The minimum Gasteiger partial charge on any atom is -0.351 e. The number of hydrogen-bond donors (Lipinski definition) is 1. The fourth-order valence-electron chi connectivity index (χ4n) is 4.31. The molecule has 4 heterocycles. The number of aromatic nitrogens is 3. The number of piperidine rings is 1. The van der Waals surface area contributed by atoms with Crippen LogP contribution in [0.15, 0.2) is 23.4 Å². The highest BCUT2D eigenvalue weighted by Gasteiger charge is 2.59. The van der Waals surface area contributed by atoms with Crippen molar-refractivity contribution in [1.29, 1.82) is 0 Å². The third kappa shape index (κ3) is 1.86. The van der Waals surface area contributed by atoms with E-state index in [1.54, 1.807) is 6.20 Å². The van der Waals surface area contributed by atoms with Gasteiger partial charge in [0.05, 0.1) is 35.6 Å². The van der Waals surface area contributed by atoms with E-state index in [4.69, 9.17) is 9.47 Å². The summed E-state index contributed by atoms with van der Waals surface area (Å²) in [6.45, 7) is 4.82. The highest BCUT2D eigenvalue weighted by molar-refractivity contribution is 5.79. The van der Waals surface area contributed by atoms with E-state index >= 15 is 0 Å². The van der Waals surface area contributed by atoms with Gasteiger partial charge in [-0.25, -0.2) is 9.97 Å². The van der Waals surface area contributed by atoms with Crippen molar-refractivity contribution >= 4 is 16.7 Å². The molecule has 7 heteroatoms. The first-order chi connectivity index (χ1) is 11.0. The minimum absolute atomic E-state index is 0.0772. The van der Waals surface area contributed by atoms with Gasteiger partial charge in [0.25, 0.3) is 5.56 Å². The second-order valence-corrected chi connectivity index (χ2v) is 7.07. The number of nitrogens with one attached hydrogen (secondary N) is 1. The largest absolute Gasteiger partial charge is 0.351 e. The summed E-state index contributed by atoms with van der Waals surface area (Å²) >= 11 is 0. The first-order valence-corrected chi connectivity index (χ1v) is 7.97. The molecule has 4 atom stereocenters. The van der Waals surface area contributed by atoms with E-state index in [1.807, 2.05) is 19.9 Å². The van der Waals surface area contributed by atoms with E-state index in [-0.39, 0.29) is 23.8 Å². The van der Waals surface area contributed by atoms with E-state index in [1.165, 1.54) is 6.33 Å². The number of H-pyrrole nitrogens is 1. The summed E-state index contributed by atoms with van der Waals surface area (Å²) in [4.78, 5) is 25.5. The van der Waals surface area contributed by atoms with Crippen molar-refractivity contribution in [3.05, 3.63) is 28.9 Å². The van der Waals surface area contributed by atoms with Crippen molar-refractivity contribution in [3.8, 4) is 0 Å². The van der Waals surface area contributed by atoms with E-state index in [2.05, 4.69) is 19.9 Å². The lowest BCUT2D eigenvalue weighted by molar-refractivity contribution is -0.154. The van der Waals surface area contributed by atoms with E-state index in [0.717, 1.165) is 18.8 Å². The van der Waals surface area contributed by atoms with Crippen molar-refractivity contribution < 1.29 is 9.47 Å². The van der Waals surface area contributed by atoms with Gasteiger partial charge in [-0.05, 0) is 26.3 Å². The zero-order chi connectivity index (χ0) is 15.8. The van der Waals surface area contributed by atoms with Gasteiger partial charge in [-0.3, -0.25) is 4.79 Å². The summed E-state index contributed by atoms with van der Waals surface area (Å²) in [7, 11) is 0. The van der Waals surface area contributed by atoms with Gasteiger partial charge in [-0.1, -0.05) is 0 Å². The Balaban J connectivity index is 1.52. The average Bonchev–Trinajstić information content (AvgIpc) is 3.16. The summed E-state index contributed by atoms with van der Waals surface area (Å²) in [5, 5.41) is 0.570. The Labute approximate surface area is 132 Å². The molecule has 0 unspecified atom stereocenters. The zero-order valence-corrected chi connectivity index (χ0v) is 13.0. The second-order valence-electron chi connectivity index (χ2n) is 7.07. The predicted molar refractivity (Wildman–Crippen MR) is 83.2 cm³/mol. The Hall–Kier alpha value is -1.99. The molecule has 7 nitrogen and oxygen atoms in total. The summed E-state index contributed by atoms with van der Waals surface area (Å²) in [5.41, 5.74) is 0.476. The maximum absolute atomic E-state index is 12.0. The number of nitrogens with zero attached hydrogens (tertiary/aromatic N) is 3. The standard InChI is InChI=1S/C16H18N4O3/c1-16(2)22-13-8-3-11(14(13)23-16)20(6-8)12-4-9-10(5-17-12)18-7-19-15(9)21/h4-5,7-8,11,13-14H,3,6H2,1-2H3,(H,18,19,21)/t8-,11-,13-,14+/m1/s1. The number of anilines is 1. The SMILES string of the molecule is CC1(C)O[C@@H]2[C@@H]3C[C@H]([C@@H]2O1)N(c1cc2c(=O)[nH]cnc2cn1)C3. The number of pyridine rings is 1. The lowest BCUT2D eigenvalue weighted by Crippen LogP contribution is -2.47. The van der Waals surface area contributed by atoms with Crippen LogP contribution in [-0.4, -0.2) is 45.5 Å². The molecule has 0 spiro atoms. The molecule has 3 aliphatic rings. The second kappa shape index (κ2) is 4.30. The molecular formula is C16H18N4O3. The van der Waals surface area contributed by atoms with Gasteiger partial charge < -0.3 is 19.4 Å². The number of fused-ring (bicyclic) bond motifs is 6. The molecule has 120 valence electrons. The van der Waals surface area contributed by atoms with Crippen LogP contribution >= 0.6 is 0 Å². The van der Waals surface area contributed by atoms with Crippen molar-refractivity contribution in [1.82, 2.24) is 15.0 Å². The van der Waals surface area contributed by atoms with Crippen LogP contribution in [0, 0.1) is 5.92 Å². The molecule has 1 aliphatic carbocycles. The fourth-order valence-corrected chi connectivity index (χ4v) is 4.31. The van der Waals surface area contributed by atoms with Gasteiger partial charge in [0.2, 0.25) is 0 Å². The van der Waals surface area contributed by atoms with Gasteiger partial charge in [0.15, 0.2) is 5.79 Å². The number of hydrogen-bond acceptors (Lipinski definition) is 6. The van der Waals surface area contributed by atoms with Crippen molar-refractivity contribution in [3.63, 3.8) is 0 Å². The molecule has 2 bridgehead atoms. The Morgan fingerprint density at radius 1 is 1.30 bits per heavy atom.